The van der Waals surface area contributed by atoms with E-state index in [9.17, 15) is 13.6 Å². The normalized spacial score (nSPS) is 16.6. The number of amides is 1. The number of nitrogens with zero attached hydrogens (tertiary/aromatic N) is 4. The van der Waals surface area contributed by atoms with Gasteiger partial charge in [0.25, 0.3) is 6.43 Å². The van der Waals surface area contributed by atoms with Gasteiger partial charge in [-0.2, -0.15) is 0 Å². The number of hydrogen-bond acceptors (Lipinski definition) is 6. The maximum absolute atomic E-state index is 12.0. The van der Waals surface area contributed by atoms with Crippen molar-refractivity contribution >= 4 is 17.7 Å². The molecular weight excluding hydrogens is 280 g/mol. The summed E-state index contributed by atoms with van der Waals surface area (Å²) in [6.45, 7) is -0.468. The van der Waals surface area contributed by atoms with Crippen LogP contribution in [0, 0.1) is 0 Å². The van der Waals surface area contributed by atoms with E-state index < -0.39 is 25.0 Å². The molecule has 1 saturated carbocycles. The first kappa shape index (κ1) is 14.1. The fourth-order valence-electron chi connectivity index (χ4n) is 1.32. The predicted molar refractivity (Wildman–Crippen MR) is 61.8 cm³/mol. The maximum Gasteiger partial charge on any atom is 0.265 e. The number of carbonyl (C=O) groups is 1. The molecule has 2 N–H and O–H groups in total. The average molecular weight is 293 g/mol. The van der Waals surface area contributed by atoms with Crippen molar-refractivity contribution in [3.8, 4) is 0 Å². The van der Waals surface area contributed by atoms with Crippen LogP contribution in [0.2, 0.25) is 0 Å². The quantitative estimate of drug-likeness (QED) is 0.679. The highest BCUT2D eigenvalue weighted by Crippen LogP contribution is 2.36. The SMILES string of the molecule is O=C(CSc1nnnn1C1CC1)NCC(O)C(F)F. The molecule has 0 saturated heterocycles. The van der Waals surface area contributed by atoms with Gasteiger partial charge in [0.1, 0.15) is 6.10 Å². The zero-order valence-corrected chi connectivity index (χ0v) is 10.7. The zero-order valence-electron chi connectivity index (χ0n) is 9.87. The minimum Gasteiger partial charge on any atom is -0.385 e. The monoisotopic (exact) mass is 293 g/mol. The van der Waals surface area contributed by atoms with Gasteiger partial charge in [0, 0.05) is 6.54 Å². The van der Waals surface area contributed by atoms with Gasteiger partial charge in [-0.15, -0.1) is 5.10 Å². The number of nitrogens with one attached hydrogen (secondary N) is 1. The average Bonchev–Trinajstić information content (AvgIpc) is 3.12. The van der Waals surface area contributed by atoms with E-state index in [-0.39, 0.29) is 5.75 Å². The molecule has 7 nitrogen and oxygen atoms in total. The van der Waals surface area contributed by atoms with Crippen LogP contribution in [0.4, 0.5) is 8.78 Å². The van der Waals surface area contributed by atoms with Crippen LogP contribution < -0.4 is 5.32 Å². The van der Waals surface area contributed by atoms with E-state index in [4.69, 9.17) is 5.11 Å². The summed E-state index contributed by atoms with van der Waals surface area (Å²) in [4.78, 5) is 11.4. The Morgan fingerprint density at radius 2 is 2.32 bits per heavy atom. The summed E-state index contributed by atoms with van der Waals surface area (Å²) in [5.74, 6) is -0.432. The lowest BCUT2D eigenvalue weighted by Gasteiger charge is -2.10. The summed E-state index contributed by atoms with van der Waals surface area (Å²) in [5, 5.41) is 22.7. The van der Waals surface area contributed by atoms with Crippen LogP contribution in [0.3, 0.4) is 0 Å². The van der Waals surface area contributed by atoms with Gasteiger partial charge in [0.15, 0.2) is 0 Å². The number of hydrogen-bond donors (Lipinski definition) is 2. The van der Waals surface area contributed by atoms with E-state index in [1.54, 1.807) is 4.68 Å². The summed E-state index contributed by atoms with van der Waals surface area (Å²) in [7, 11) is 0. The Bertz CT molecular complexity index is 440. The molecule has 1 amide bonds. The maximum atomic E-state index is 12.0. The van der Waals surface area contributed by atoms with Gasteiger partial charge in [-0.1, -0.05) is 11.8 Å². The first-order valence-corrected chi connectivity index (χ1v) is 6.70. The standard InChI is InChI=1S/C9H13F2N5O2S/c10-8(11)6(17)3-12-7(18)4-19-9-13-14-15-16(9)5-1-2-5/h5-6,8,17H,1-4H2,(H,12,18). The number of carbonyl (C=O) groups excluding carboxylic acids is 1. The number of halogens is 2. The fraction of sp³-hybridized carbons (Fsp3) is 0.778. The summed E-state index contributed by atoms with van der Waals surface area (Å²) < 4.78 is 25.7. The van der Waals surface area contributed by atoms with Crippen LogP contribution in [0.15, 0.2) is 5.16 Å². The van der Waals surface area contributed by atoms with E-state index in [0.29, 0.717) is 11.2 Å². The Balaban J connectivity index is 1.72. The number of aliphatic hydroxyl groups excluding tert-OH is 1. The number of rotatable bonds is 7. The molecular formula is C9H13F2N5O2S. The second-order valence-corrected chi connectivity index (χ2v) is 5.07. The van der Waals surface area contributed by atoms with E-state index in [1.165, 1.54) is 0 Å². The molecule has 1 aromatic rings. The topological polar surface area (TPSA) is 92.9 Å². The minimum absolute atomic E-state index is 0.0169. The molecule has 1 fully saturated rings. The first-order valence-electron chi connectivity index (χ1n) is 5.71. The van der Waals surface area contributed by atoms with E-state index >= 15 is 0 Å². The Morgan fingerprint density at radius 1 is 1.58 bits per heavy atom. The molecule has 0 aromatic carbocycles. The van der Waals surface area contributed by atoms with Crippen LogP contribution in [0.1, 0.15) is 18.9 Å². The number of aliphatic hydroxyl groups is 1. The van der Waals surface area contributed by atoms with Crippen molar-refractivity contribution in [2.45, 2.75) is 36.6 Å². The van der Waals surface area contributed by atoms with Crippen LogP contribution in [0.5, 0.6) is 0 Å². The lowest BCUT2D eigenvalue weighted by Crippen LogP contribution is -2.36. The van der Waals surface area contributed by atoms with Gasteiger partial charge in [-0.3, -0.25) is 4.79 Å². The third-order valence-corrected chi connectivity index (χ3v) is 3.42. The van der Waals surface area contributed by atoms with Gasteiger partial charge in [-0.05, 0) is 23.3 Å². The molecule has 0 aliphatic heterocycles. The Kier molecular flexibility index (Phi) is 4.64. The van der Waals surface area contributed by atoms with Gasteiger partial charge in [0.05, 0.1) is 11.8 Å². The summed E-state index contributed by atoms with van der Waals surface area (Å²) in [5.41, 5.74) is 0. The lowest BCUT2D eigenvalue weighted by atomic mass is 10.4. The molecule has 1 atom stereocenters. The third kappa shape index (κ3) is 4.10. The highest BCUT2D eigenvalue weighted by atomic mass is 32.2. The molecule has 0 spiro atoms. The van der Waals surface area contributed by atoms with E-state index in [2.05, 4.69) is 20.8 Å². The van der Waals surface area contributed by atoms with E-state index in [0.717, 1.165) is 24.6 Å². The Morgan fingerprint density at radius 3 is 2.95 bits per heavy atom. The minimum atomic E-state index is -2.87. The number of thioether (sulfide) groups is 1. The summed E-state index contributed by atoms with van der Waals surface area (Å²) in [6, 6.07) is 0.307. The smallest absolute Gasteiger partial charge is 0.265 e. The molecule has 19 heavy (non-hydrogen) atoms. The lowest BCUT2D eigenvalue weighted by molar-refractivity contribution is -0.119. The van der Waals surface area contributed by atoms with Crippen LogP contribution in [0.25, 0.3) is 0 Å². The van der Waals surface area contributed by atoms with Crippen molar-refractivity contribution < 1.29 is 18.7 Å². The molecule has 1 aliphatic rings. The molecule has 0 bridgehead atoms. The van der Waals surface area contributed by atoms with Gasteiger partial charge in [-0.25, -0.2) is 13.5 Å². The van der Waals surface area contributed by atoms with Crippen molar-refractivity contribution in [3.63, 3.8) is 0 Å². The fourth-order valence-corrected chi connectivity index (χ4v) is 2.09. The van der Waals surface area contributed by atoms with Crippen molar-refractivity contribution in [2.75, 3.05) is 12.3 Å². The van der Waals surface area contributed by atoms with Gasteiger partial charge < -0.3 is 10.4 Å². The molecule has 10 heteroatoms. The number of aromatic nitrogens is 4. The molecule has 1 aromatic heterocycles. The summed E-state index contributed by atoms with van der Waals surface area (Å²) in [6.07, 6.45) is -2.67. The van der Waals surface area contributed by atoms with Crippen molar-refractivity contribution in [2.24, 2.45) is 0 Å². The molecule has 1 heterocycles. The van der Waals surface area contributed by atoms with Crippen LogP contribution >= 0.6 is 11.8 Å². The molecule has 0 radical (unpaired) electrons. The Hall–Kier alpha value is -1.29. The second kappa shape index (κ2) is 6.24. The highest BCUT2D eigenvalue weighted by Gasteiger charge is 2.28. The number of alkyl halides is 2. The van der Waals surface area contributed by atoms with Crippen LogP contribution in [-0.4, -0.2) is 56.0 Å². The Labute approximate surface area is 111 Å². The zero-order chi connectivity index (χ0) is 13.8. The van der Waals surface area contributed by atoms with Crippen molar-refractivity contribution in [1.29, 1.82) is 0 Å². The second-order valence-electron chi connectivity index (χ2n) is 4.13. The van der Waals surface area contributed by atoms with Gasteiger partial charge in [0.2, 0.25) is 11.1 Å². The van der Waals surface area contributed by atoms with Gasteiger partial charge >= 0.3 is 0 Å². The largest absolute Gasteiger partial charge is 0.385 e. The molecule has 106 valence electrons. The van der Waals surface area contributed by atoms with Crippen LogP contribution in [-0.2, 0) is 4.79 Å². The van der Waals surface area contributed by atoms with Crippen molar-refractivity contribution in [1.82, 2.24) is 25.5 Å². The number of tetrazole rings is 1. The third-order valence-electron chi connectivity index (χ3n) is 2.49. The van der Waals surface area contributed by atoms with Crippen molar-refractivity contribution in [3.05, 3.63) is 0 Å². The van der Waals surface area contributed by atoms with E-state index in [1.807, 2.05) is 0 Å². The molecule has 2 rings (SSSR count). The molecule has 1 unspecified atom stereocenters. The predicted octanol–water partition coefficient (Wildman–Crippen LogP) is -0.158. The molecule has 1 aliphatic carbocycles. The first-order chi connectivity index (χ1) is 9.08. The summed E-state index contributed by atoms with van der Waals surface area (Å²) >= 11 is 1.14. The highest BCUT2D eigenvalue weighted by molar-refractivity contribution is 7.99.